The molecule has 0 unspecified atom stereocenters. The van der Waals surface area contributed by atoms with Gasteiger partial charge in [-0.2, -0.15) is 5.10 Å². The van der Waals surface area contributed by atoms with Crippen molar-refractivity contribution in [3.63, 3.8) is 0 Å². The Morgan fingerprint density at radius 3 is 2.47 bits per heavy atom. The van der Waals surface area contributed by atoms with E-state index >= 15 is 0 Å². The normalized spacial score (nSPS) is 11.0. The van der Waals surface area contributed by atoms with E-state index in [-0.39, 0.29) is 0 Å². The Hall–Kier alpha value is -1.23. The van der Waals surface area contributed by atoms with Crippen LogP contribution in [0.25, 0.3) is 0 Å². The molecule has 1 rings (SSSR count). The topological polar surface area (TPSA) is 59.9 Å². The minimum atomic E-state index is 0.592. The quantitative estimate of drug-likeness (QED) is 0.696. The molecule has 0 aliphatic rings. The average molecular weight is 266 g/mol. The van der Waals surface area contributed by atoms with Crippen LogP contribution in [0.5, 0.6) is 0 Å². The average Bonchev–Trinajstić information content (AvgIpc) is 2.42. The van der Waals surface area contributed by atoms with E-state index < -0.39 is 0 Å². The van der Waals surface area contributed by atoms with Crippen molar-refractivity contribution in [2.24, 2.45) is 5.92 Å². The number of hydrogen-bond donors (Lipinski definition) is 1. The molecule has 0 fully saturated rings. The summed E-state index contributed by atoms with van der Waals surface area (Å²) >= 11 is 0. The molecule has 5 heteroatoms. The van der Waals surface area contributed by atoms with Crippen LogP contribution in [-0.4, -0.2) is 34.9 Å². The molecule has 19 heavy (non-hydrogen) atoms. The van der Waals surface area contributed by atoms with Gasteiger partial charge in [0.1, 0.15) is 0 Å². The second kappa shape index (κ2) is 8.80. The third-order valence-corrected chi connectivity index (χ3v) is 2.71. The van der Waals surface area contributed by atoms with Gasteiger partial charge in [-0.25, -0.2) is 4.98 Å². The minimum absolute atomic E-state index is 0.592. The number of aromatic nitrogens is 3. The summed E-state index contributed by atoms with van der Waals surface area (Å²) in [7, 11) is 0. The van der Waals surface area contributed by atoms with E-state index in [1.807, 2.05) is 0 Å². The lowest BCUT2D eigenvalue weighted by atomic mass is 10.2. The highest BCUT2D eigenvalue weighted by Crippen LogP contribution is 2.06. The number of nitrogens with one attached hydrogen (secondary N) is 1. The lowest BCUT2D eigenvalue weighted by molar-refractivity contribution is 0.110. The second-order valence-electron chi connectivity index (χ2n) is 4.98. The molecule has 0 atom stereocenters. The van der Waals surface area contributed by atoms with Gasteiger partial charge in [0.25, 0.3) is 0 Å². The number of aryl methyl sites for hydroxylation is 2. The number of hydrogen-bond acceptors (Lipinski definition) is 5. The second-order valence-corrected chi connectivity index (χ2v) is 4.98. The molecule has 1 heterocycles. The monoisotopic (exact) mass is 266 g/mol. The lowest BCUT2D eigenvalue weighted by Crippen LogP contribution is -2.12. The zero-order chi connectivity index (χ0) is 14.1. The van der Waals surface area contributed by atoms with Crippen molar-refractivity contribution in [1.82, 2.24) is 15.2 Å². The van der Waals surface area contributed by atoms with E-state index in [2.05, 4.69) is 48.2 Å². The number of anilines is 1. The van der Waals surface area contributed by atoms with Crippen molar-refractivity contribution in [2.45, 2.75) is 47.0 Å². The van der Waals surface area contributed by atoms with Crippen LogP contribution in [0, 0.1) is 5.92 Å². The molecule has 0 spiro atoms. The summed E-state index contributed by atoms with van der Waals surface area (Å²) in [5, 5.41) is 11.5. The fourth-order valence-corrected chi connectivity index (χ4v) is 1.71. The Kier molecular flexibility index (Phi) is 7.33. The van der Waals surface area contributed by atoms with E-state index in [1.165, 1.54) is 0 Å². The van der Waals surface area contributed by atoms with Crippen LogP contribution in [0.3, 0.4) is 0 Å². The fourth-order valence-electron chi connectivity index (χ4n) is 1.71. The molecule has 0 amide bonds. The molecule has 0 bridgehead atoms. The van der Waals surface area contributed by atoms with Gasteiger partial charge in [0.15, 0.2) is 0 Å². The summed E-state index contributed by atoms with van der Waals surface area (Å²) < 4.78 is 5.52. The highest BCUT2D eigenvalue weighted by molar-refractivity contribution is 5.25. The van der Waals surface area contributed by atoms with Crippen LogP contribution in [0.15, 0.2) is 0 Å². The lowest BCUT2D eigenvalue weighted by Gasteiger charge is -2.09. The molecule has 108 valence electrons. The molecule has 1 aromatic rings. The maximum atomic E-state index is 5.52. The van der Waals surface area contributed by atoms with Crippen LogP contribution >= 0.6 is 0 Å². The Labute approximate surface area is 116 Å². The van der Waals surface area contributed by atoms with Crippen molar-refractivity contribution in [3.8, 4) is 0 Å². The van der Waals surface area contributed by atoms with Gasteiger partial charge in [0.2, 0.25) is 5.95 Å². The molecular weight excluding hydrogens is 240 g/mol. The van der Waals surface area contributed by atoms with E-state index in [1.54, 1.807) is 0 Å². The Balaban J connectivity index is 2.29. The van der Waals surface area contributed by atoms with E-state index in [4.69, 9.17) is 4.74 Å². The summed E-state index contributed by atoms with van der Waals surface area (Å²) in [4.78, 5) is 4.48. The fraction of sp³-hybridized carbons (Fsp3) is 0.786. The van der Waals surface area contributed by atoms with Gasteiger partial charge < -0.3 is 10.1 Å². The molecular formula is C14H26N4O. The molecule has 0 aliphatic heterocycles. The maximum absolute atomic E-state index is 5.52. The summed E-state index contributed by atoms with van der Waals surface area (Å²) in [6.45, 7) is 10.9. The first-order valence-electron chi connectivity index (χ1n) is 7.21. The van der Waals surface area contributed by atoms with Crippen molar-refractivity contribution < 1.29 is 4.74 Å². The first-order valence-corrected chi connectivity index (χ1v) is 7.21. The molecule has 0 radical (unpaired) electrons. The summed E-state index contributed by atoms with van der Waals surface area (Å²) in [6, 6.07) is 0. The smallest absolute Gasteiger partial charge is 0.242 e. The highest BCUT2D eigenvalue weighted by Gasteiger charge is 2.05. The van der Waals surface area contributed by atoms with Gasteiger partial charge in [-0.1, -0.05) is 27.7 Å². The van der Waals surface area contributed by atoms with Crippen molar-refractivity contribution >= 4 is 5.95 Å². The Morgan fingerprint density at radius 2 is 1.84 bits per heavy atom. The van der Waals surface area contributed by atoms with Gasteiger partial charge in [0, 0.05) is 19.8 Å². The van der Waals surface area contributed by atoms with Crippen LogP contribution in [0.4, 0.5) is 5.95 Å². The van der Waals surface area contributed by atoms with Gasteiger partial charge in [0.05, 0.1) is 11.4 Å². The molecule has 0 aromatic carbocycles. The highest BCUT2D eigenvalue weighted by atomic mass is 16.5. The standard InChI is InChI=1S/C14H26N4O/c1-5-12-13(6-2)17-18-14(16-12)15-8-7-9-19-10-11(3)4/h11H,5-10H2,1-4H3,(H,15,16,18). The first kappa shape index (κ1) is 15.8. The molecule has 0 aliphatic carbocycles. The van der Waals surface area contributed by atoms with Crippen molar-refractivity contribution in [3.05, 3.63) is 11.4 Å². The van der Waals surface area contributed by atoms with Gasteiger partial charge >= 0.3 is 0 Å². The van der Waals surface area contributed by atoms with Crippen LogP contribution < -0.4 is 5.32 Å². The molecule has 0 saturated heterocycles. The summed E-state index contributed by atoms with van der Waals surface area (Å²) in [5.74, 6) is 1.21. The molecule has 1 N–H and O–H groups in total. The zero-order valence-corrected chi connectivity index (χ0v) is 12.6. The third-order valence-electron chi connectivity index (χ3n) is 2.71. The van der Waals surface area contributed by atoms with Crippen LogP contribution in [0.2, 0.25) is 0 Å². The Bertz CT molecular complexity index is 368. The maximum Gasteiger partial charge on any atom is 0.242 e. The predicted octanol–water partition coefficient (Wildman–Crippen LogP) is 2.47. The molecule has 1 aromatic heterocycles. The minimum Gasteiger partial charge on any atom is -0.381 e. The van der Waals surface area contributed by atoms with Gasteiger partial charge in [-0.15, -0.1) is 5.10 Å². The predicted molar refractivity (Wildman–Crippen MR) is 77.3 cm³/mol. The van der Waals surface area contributed by atoms with E-state index in [0.29, 0.717) is 11.9 Å². The molecule has 0 saturated carbocycles. The largest absolute Gasteiger partial charge is 0.381 e. The Morgan fingerprint density at radius 1 is 1.11 bits per heavy atom. The third kappa shape index (κ3) is 5.96. The van der Waals surface area contributed by atoms with E-state index in [9.17, 15) is 0 Å². The van der Waals surface area contributed by atoms with Crippen molar-refractivity contribution in [2.75, 3.05) is 25.1 Å². The van der Waals surface area contributed by atoms with E-state index in [0.717, 1.165) is 50.4 Å². The van der Waals surface area contributed by atoms with Gasteiger partial charge in [-0.3, -0.25) is 0 Å². The summed E-state index contributed by atoms with van der Waals surface area (Å²) in [6.07, 6.45) is 2.73. The number of ether oxygens (including phenoxy) is 1. The SMILES string of the molecule is CCc1nnc(NCCCOCC(C)C)nc1CC. The summed E-state index contributed by atoms with van der Waals surface area (Å²) in [5.41, 5.74) is 2.03. The van der Waals surface area contributed by atoms with Gasteiger partial charge in [-0.05, 0) is 25.2 Å². The van der Waals surface area contributed by atoms with Crippen molar-refractivity contribution in [1.29, 1.82) is 0 Å². The zero-order valence-electron chi connectivity index (χ0n) is 12.6. The molecule has 5 nitrogen and oxygen atoms in total. The van der Waals surface area contributed by atoms with Crippen LogP contribution in [0.1, 0.15) is 45.5 Å². The number of rotatable bonds is 9. The van der Waals surface area contributed by atoms with Crippen LogP contribution in [-0.2, 0) is 17.6 Å². The number of nitrogens with zero attached hydrogens (tertiary/aromatic N) is 3. The first-order chi connectivity index (χ1) is 9.17.